The van der Waals surface area contributed by atoms with Gasteiger partial charge in [-0.1, -0.05) is 19.1 Å². The number of likely N-dealkylation sites (N-methyl/N-ethyl adjacent to an activating group) is 1. The number of hydrogen-bond acceptors (Lipinski definition) is 2. The van der Waals surface area contributed by atoms with Crippen molar-refractivity contribution in [1.82, 2.24) is 4.90 Å². The molecule has 1 rings (SSSR count). The van der Waals surface area contributed by atoms with Gasteiger partial charge in [0.05, 0.1) is 11.7 Å². The lowest BCUT2D eigenvalue weighted by Gasteiger charge is -2.20. The quantitative estimate of drug-likeness (QED) is 0.880. The van der Waals surface area contributed by atoms with E-state index in [0.717, 1.165) is 25.1 Å². The highest BCUT2D eigenvalue weighted by molar-refractivity contribution is 5.27. The molecular weight excluding hydrogens is 243 g/mol. The van der Waals surface area contributed by atoms with E-state index in [0.29, 0.717) is 12.1 Å². The molecule has 0 heterocycles. The van der Waals surface area contributed by atoms with Gasteiger partial charge in [0.2, 0.25) is 0 Å². The lowest BCUT2D eigenvalue weighted by atomic mass is 10.1. The molecule has 1 N–H and O–H groups in total. The van der Waals surface area contributed by atoms with Gasteiger partial charge in [-0.3, -0.25) is 0 Å². The maximum absolute atomic E-state index is 12.5. The second kappa shape index (κ2) is 6.20. The summed E-state index contributed by atoms with van der Waals surface area (Å²) in [6.45, 7) is 3.14. The first-order valence-electron chi connectivity index (χ1n) is 5.88. The van der Waals surface area contributed by atoms with E-state index in [1.54, 1.807) is 0 Å². The third-order valence-electron chi connectivity index (χ3n) is 2.69. The fourth-order valence-electron chi connectivity index (χ4n) is 1.80. The first-order chi connectivity index (χ1) is 8.34. The molecule has 0 aliphatic rings. The van der Waals surface area contributed by atoms with Crippen molar-refractivity contribution >= 4 is 0 Å². The van der Waals surface area contributed by atoms with E-state index in [1.807, 2.05) is 18.9 Å². The number of hydrogen-bond donors (Lipinski definition) is 1. The Balaban J connectivity index is 2.77. The van der Waals surface area contributed by atoms with Crippen LogP contribution in [0.15, 0.2) is 24.3 Å². The van der Waals surface area contributed by atoms with E-state index < -0.39 is 17.8 Å². The van der Waals surface area contributed by atoms with E-state index in [-0.39, 0.29) is 0 Å². The van der Waals surface area contributed by atoms with Gasteiger partial charge in [0.15, 0.2) is 0 Å². The lowest BCUT2D eigenvalue weighted by molar-refractivity contribution is -0.137. The molecule has 0 aliphatic carbocycles. The summed E-state index contributed by atoms with van der Waals surface area (Å²) in [5.74, 6) is 0. The molecule has 1 aromatic carbocycles. The highest BCUT2D eigenvalue weighted by atomic mass is 19.4. The van der Waals surface area contributed by atoms with Crippen LogP contribution in [0.4, 0.5) is 13.2 Å². The fourth-order valence-corrected chi connectivity index (χ4v) is 1.80. The van der Waals surface area contributed by atoms with Crippen LogP contribution in [0.5, 0.6) is 0 Å². The van der Waals surface area contributed by atoms with Crippen molar-refractivity contribution in [3.8, 4) is 0 Å². The van der Waals surface area contributed by atoms with Gasteiger partial charge in [-0.15, -0.1) is 0 Å². The number of aliphatic hydroxyl groups excluding tert-OH is 1. The zero-order valence-electron chi connectivity index (χ0n) is 10.5. The number of rotatable bonds is 5. The van der Waals surface area contributed by atoms with Crippen LogP contribution in [0.3, 0.4) is 0 Å². The minimum absolute atomic E-state index is 0.299. The zero-order chi connectivity index (χ0) is 13.8. The summed E-state index contributed by atoms with van der Waals surface area (Å²) in [5, 5.41) is 9.90. The molecule has 102 valence electrons. The molecular formula is C13H18F3NO. The van der Waals surface area contributed by atoms with Crippen LogP contribution in [0.2, 0.25) is 0 Å². The van der Waals surface area contributed by atoms with Gasteiger partial charge in [-0.25, -0.2) is 0 Å². The fraction of sp³-hybridized carbons (Fsp3) is 0.538. The van der Waals surface area contributed by atoms with Crippen molar-refractivity contribution in [3.05, 3.63) is 35.4 Å². The summed E-state index contributed by atoms with van der Waals surface area (Å²) in [6, 6.07) is 4.84. The minimum Gasteiger partial charge on any atom is -0.387 e. The normalized spacial score (nSPS) is 13.9. The Morgan fingerprint density at radius 2 is 2.00 bits per heavy atom. The van der Waals surface area contributed by atoms with E-state index in [9.17, 15) is 18.3 Å². The number of nitrogens with zero attached hydrogens (tertiary/aromatic N) is 1. The van der Waals surface area contributed by atoms with Crippen LogP contribution in [0, 0.1) is 0 Å². The van der Waals surface area contributed by atoms with Crippen molar-refractivity contribution in [2.75, 3.05) is 20.1 Å². The van der Waals surface area contributed by atoms with Gasteiger partial charge in [-0.05, 0) is 37.7 Å². The predicted molar refractivity (Wildman–Crippen MR) is 64.2 cm³/mol. The molecule has 0 saturated carbocycles. The van der Waals surface area contributed by atoms with Gasteiger partial charge >= 0.3 is 6.18 Å². The average Bonchev–Trinajstić information content (AvgIpc) is 2.28. The molecule has 0 aliphatic heterocycles. The van der Waals surface area contributed by atoms with Crippen LogP contribution < -0.4 is 0 Å². The van der Waals surface area contributed by atoms with E-state index in [1.165, 1.54) is 12.1 Å². The second-order valence-electron chi connectivity index (χ2n) is 4.40. The summed E-state index contributed by atoms with van der Waals surface area (Å²) >= 11 is 0. The van der Waals surface area contributed by atoms with E-state index in [4.69, 9.17) is 0 Å². The van der Waals surface area contributed by atoms with Gasteiger partial charge in [0.1, 0.15) is 0 Å². The van der Waals surface area contributed by atoms with Crippen LogP contribution in [0.25, 0.3) is 0 Å². The summed E-state index contributed by atoms with van der Waals surface area (Å²) < 4.78 is 37.6. The standard InChI is InChI=1S/C13H18F3NO/c1-3-7-17(2)9-12(18)10-5-4-6-11(8-10)13(14,15)16/h4-6,8,12,18H,3,7,9H2,1-2H3. The topological polar surface area (TPSA) is 23.5 Å². The molecule has 0 radical (unpaired) electrons. The highest BCUT2D eigenvalue weighted by Gasteiger charge is 2.30. The number of halogens is 3. The highest BCUT2D eigenvalue weighted by Crippen LogP contribution is 2.30. The first-order valence-corrected chi connectivity index (χ1v) is 5.88. The maximum Gasteiger partial charge on any atom is 0.416 e. The Morgan fingerprint density at radius 3 is 2.56 bits per heavy atom. The SMILES string of the molecule is CCCN(C)CC(O)c1cccc(C(F)(F)F)c1. The molecule has 0 amide bonds. The van der Waals surface area contributed by atoms with Crippen molar-refractivity contribution in [3.63, 3.8) is 0 Å². The van der Waals surface area contributed by atoms with E-state index >= 15 is 0 Å². The molecule has 1 unspecified atom stereocenters. The molecule has 0 fully saturated rings. The van der Waals surface area contributed by atoms with Crippen LogP contribution >= 0.6 is 0 Å². The van der Waals surface area contributed by atoms with Crippen LogP contribution in [-0.2, 0) is 6.18 Å². The Morgan fingerprint density at radius 1 is 1.33 bits per heavy atom. The molecule has 18 heavy (non-hydrogen) atoms. The van der Waals surface area contributed by atoms with E-state index in [2.05, 4.69) is 0 Å². The Hall–Kier alpha value is -1.07. The summed E-state index contributed by atoms with van der Waals surface area (Å²) in [5.41, 5.74) is -0.426. The lowest BCUT2D eigenvalue weighted by Crippen LogP contribution is -2.25. The Bertz CT molecular complexity index is 379. The monoisotopic (exact) mass is 261 g/mol. The maximum atomic E-state index is 12.5. The molecule has 0 aromatic heterocycles. The number of aliphatic hydroxyl groups is 1. The molecule has 2 nitrogen and oxygen atoms in total. The summed E-state index contributed by atoms with van der Waals surface area (Å²) in [6.07, 6.45) is -4.33. The number of alkyl halides is 3. The molecule has 0 bridgehead atoms. The van der Waals surface area contributed by atoms with Crippen molar-refractivity contribution in [2.24, 2.45) is 0 Å². The third-order valence-corrected chi connectivity index (χ3v) is 2.69. The molecule has 5 heteroatoms. The predicted octanol–water partition coefficient (Wildman–Crippen LogP) is 3.08. The number of benzene rings is 1. The summed E-state index contributed by atoms with van der Waals surface area (Å²) in [4.78, 5) is 1.89. The van der Waals surface area contributed by atoms with Gasteiger partial charge < -0.3 is 10.0 Å². The molecule has 1 aromatic rings. The third kappa shape index (κ3) is 4.31. The molecule has 0 spiro atoms. The van der Waals surface area contributed by atoms with Crippen molar-refractivity contribution in [2.45, 2.75) is 25.6 Å². The second-order valence-corrected chi connectivity index (χ2v) is 4.40. The van der Waals surface area contributed by atoms with Crippen molar-refractivity contribution in [1.29, 1.82) is 0 Å². The minimum atomic E-state index is -4.37. The van der Waals surface area contributed by atoms with Gasteiger partial charge in [0, 0.05) is 6.54 Å². The Kier molecular flexibility index (Phi) is 5.16. The van der Waals surface area contributed by atoms with Gasteiger partial charge in [-0.2, -0.15) is 13.2 Å². The van der Waals surface area contributed by atoms with Crippen molar-refractivity contribution < 1.29 is 18.3 Å². The largest absolute Gasteiger partial charge is 0.416 e. The average molecular weight is 261 g/mol. The molecule has 0 saturated heterocycles. The summed E-state index contributed by atoms with van der Waals surface area (Å²) in [7, 11) is 1.83. The van der Waals surface area contributed by atoms with Gasteiger partial charge in [0.25, 0.3) is 0 Å². The smallest absolute Gasteiger partial charge is 0.387 e. The Labute approximate surface area is 105 Å². The van der Waals surface area contributed by atoms with Crippen LogP contribution in [0.1, 0.15) is 30.6 Å². The molecule has 1 atom stereocenters. The van der Waals surface area contributed by atoms with Crippen LogP contribution in [-0.4, -0.2) is 30.1 Å². The first kappa shape index (κ1) is 15.0. The zero-order valence-corrected chi connectivity index (χ0v) is 10.5.